The number of rotatable bonds is 7. The zero-order valence-electron chi connectivity index (χ0n) is 14.9. The molecule has 1 aromatic carbocycles. The summed E-state index contributed by atoms with van der Waals surface area (Å²) in [6, 6.07) is 11.7. The van der Waals surface area contributed by atoms with Crippen LogP contribution in [-0.4, -0.2) is 23.0 Å². The van der Waals surface area contributed by atoms with E-state index in [2.05, 4.69) is 15.6 Å². The molecule has 1 amide bonds. The molecule has 0 aliphatic heterocycles. The van der Waals surface area contributed by atoms with Crippen molar-refractivity contribution in [2.45, 2.75) is 39.4 Å². The molecule has 0 unspecified atom stereocenters. The lowest BCUT2D eigenvalue weighted by atomic mass is 10.1. The second-order valence-electron chi connectivity index (χ2n) is 6.70. The van der Waals surface area contributed by atoms with E-state index >= 15 is 0 Å². The number of ether oxygens (including phenoxy) is 1. The fraction of sp³-hybridized carbons (Fsp3) is 0.368. The minimum absolute atomic E-state index is 0. The Balaban J connectivity index is 0.00000312. The highest BCUT2D eigenvalue weighted by molar-refractivity contribution is 5.85. The van der Waals surface area contributed by atoms with Gasteiger partial charge in [-0.1, -0.05) is 18.2 Å². The molecular formula is C19H26ClN3O2. The summed E-state index contributed by atoms with van der Waals surface area (Å²) in [5, 5.41) is 6.23. The number of nitrogens with one attached hydrogen (secondary N) is 2. The SMILES string of the molecule is CC(C)(C)NC(=O)COc1ccc(CNCc2cccnc2)cc1.Cl. The van der Waals surface area contributed by atoms with Crippen molar-refractivity contribution >= 4 is 18.3 Å². The Morgan fingerprint density at radius 3 is 2.36 bits per heavy atom. The number of carbonyl (C=O) groups is 1. The third-order valence-electron chi connectivity index (χ3n) is 3.19. The van der Waals surface area contributed by atoms with Gasteiger partial charge in [-0.05, 0) is 50.1 Å². The maximum absolute atomic E-state index is 11.7. The van der Waals surface area contributed by atoms with Crippen LogP contribution in [0.2, 0.25) is 0 Å². The summed E-state index contributed by atoms with van der Waals surface area (Å²) >= 11 is 0. The van der Waals surface area contributed by atoms with Crippen LogP contribution in [0.1, 0.15) is 31.9 Å². The summed E-state index contributed by atoms with van der Waals surface area (Å²) < 4.78 is 5.50. The van der Waals surface area contributed by atoms with E-state index in [0.29, 0.717) is 5.75 Å². The Morgan fingerprint density at radius 2 is 1.76 bits per heavy atom. The second-order valence-corrected chi connectivity index (χ2v) is 6.70. The highest BCUT2D eigenvalue weighted by Gasteiger charge is 2.13. The normalized spacial score (nSPS) is 10.7. The third-order valence-corrected chi connectivity index (χ3v) is 3.19. The zero-order chi connectivity index (χ0) is 17.4. The van der Waals surface area contributed by atoms with Crippen molar-refractivity contribution in [2.75, 3.05) is 6.61 Å². The molecule has 0 aliphatic rings. The number of nitrogens with zero attached hydrogens (tertiary/aromatic N) is 1. The van der Waals surface area contributed by atoms with Crippen molar-refractivity contribution in [1.82, 2.24) is 15.6 Å². The molecule has 0 saturated heterocycles. The zero-order valence-corrected chi connectivity index (χ0v) is 15.7. The second kappa shape index (κ2) is 10.0. The van der Waals surface area contributed by atoms with E-state index in [4.69, 9.17) is 4.74 Å². The van der Waals surface area contributed by atoms with Crippen molar-refractivity contribution < 1.29 is 9.53 Å². The molecule has 0 fully saturated rings. The number of hydrogen-bond donors (Lipinski definition) is 2. The van der Waals surface area contributed by atoms with E-state index in [-0.39, 0.29) is 30.5 Å². The number of carbonyl (C=O) groups excluding carboxylic acids is 1. The van der Waals surface area contributed by atoms with Gasteiger partial charge >= 0.3 is 0 Å². The van der Waals surface area contributed by atoms with Crippen molar-refractivity contribution in [2.24, 2.45) is 0 Å². The number of amides is 1. The van der Waals surface area contributed by atoms with Crippen molar-refractivity contribution in [1.29, 1.82) is 0 Å². The van der Waals surface area contributed by atoms with Crippen LogP contribution in [0.3, 0.4) is 0 Å². The predicted octanol–water partition coefficient (Wildman–Crippen LogP) is 3.09. The van der Waals surface area contributed by atoms with Crippen LogP contribution in [0, 0.1) is 0 Å². The summed E-state index contributed by atoms with van der Waals surface area (Å²) in [5.74, 6) is 0.569. The summed E-state index contributed by atoms with van der Waals surface area (Å²) in [5.41, 5.74) is 2.07. The molecule has 1 aromatic heterocycles. The van der Waals surface area contributed by atoms with Gasteiger partial charge in [0.15, 0.2) is 6.61 Å². The maximum Gasteiger partial charge on any atom is 0.258 e. The smallest absolute Gasteiger partial charge is 0.258 e. The van der Waals surface area contributed by atoms with Crippen molar-refractivity contribution in [3.63, 3.8) is 0 Å². The number of hydrogen-bond acceptors (Lipinski definition) is 4. The van der Waals surface area contributed by atoms with E-state index in [1.54, 1.807) is 6.20 Å². The molecule has 5 nitrogen and oxygen atoms in total. The van der Waals surface area contributed by atoms with Gasteiger partial charge in [0.25, 0.3) is 5.91 Å². The Bertz CT molecular complexity index is 640. The van der Waals surface area contributed by atoms with Crippen LogP contribution in [0.25, 0.3) is 0 Å². The number of benzene rings is 1. The molecule has 2 N–H and O–H groups in total. The Hall–Kier alpha value is -2.11. The Morgan fingerprint density at radius 1 is 1.08 bits per heavy atom. The lowest BCUT2D eigenvalue weighted by Crippen LogP contribution is -2.43. The number of pyridine rings is 1. The lowest BCUT2D eigenvalue weighted by Gasteiger charge is -2.20. The molecule has 2 rings (SSSR count). The minimum atomic E-state index is -0.246. The summed E-state index contributed by atoms with van der Waals surface area (Å²) in [6.07, 6.45) is 3.62. The minimum Gasteiger partial charge on any atom is -0.484 e. The molecule has 2 aromatic rings. The molecule has 6 heteroatoms. The maximum atomic E-state index is 11.7. The molecule has 1 heterocycles. The predicted molar refractivity (Wildman–Crippen MR) is 102 cm³/mol. The molecule has 0 radical (unpaired) electrons. The van der Waals surface area contributed by atoms with Gasteiger partial charge in [-0.25, -0.2) is 0 Å². The quantitative estimate of drug-likeness (QED) is 0.793. The lowest BCUT2D eigenvalue weighted by molar-refractivity contribution is -0.124. The van der Waals surface area contributed by atoms with Gasteiger partial charge in [0.2, 0.25) is 0 Å². The average molecular weight is 364 g/mol. The van der Waals surface area contributed by atoms with E-state index in [9.17, 15) is 4.79 Å². The third kappa shape index (κ3) is 8.52. The van der Waals surface area contributed by atoms with Gasteiger partial charge in [0.1, 0.15) is 5.75 Å². The van der Waals surface area contributed by atoms with E-state index in [0.717, 1.165) is 24.2 Å². The largest absolute Gasteiger partial charge is 0.484 e. The number of aromatic nitrogens is 1. The average Bonchev–Trinajstić information content (AvgIpc) is 2.53. The molecular weight excluding hydrogens is 338 g/mol. The summed E-state index contributed by atoms with van der Waals surface area (Å²) in [6.45, 7) is 7.39. The molecule has 0 bridgehead atoms. The number of halogens is 1. The molecule has 136 valence electrons. The Kier molecular flexibility index (Phi) is 8.38. The van der Waals surface area contributed by atoms with E-state index < -0.39 is 0 Å². The topological polar surface area (TPSA) is 63.2 Å². The fourth-order valence-electron chi connectivity index (χ4n) is 2.16. The molecule has 0 aliphatic carbocycles. The molecule has 0 spiro atoms. The Labute approximate surface area is 155 Å². The van der Waals surface area contributed by atoms with Gasteiger partial charge < -0.3 is 15.4 Å². The van der Waals surface area contributed by atoms with Crippen LogP contribution >= 0.6 is 12.4 Å². The first-order valence-corrected chi connectivity index (χ1v) is 8.05. The van der Waals surface area contributed by atoms with Gasteiger partial charge in [-0.15, -0.1) is 12.4 Å². The highest BCUT2D eigenvalue weighted by Crippen LogP contribution is 2.12. The molecule has 0 atom stereocenters. The standard InChI is InChI=1S/C19H25N3O2.ClH/c1-19(2,3)22-18(23)14-24-17-8-6-15(7-9-17)11-21-13-16-5-4-10-20-12-16;/h4-10,12,21H,11,13-14H2,1-3H3,(H,22,23);1H. The van der Waals surface area contributed by atoms with Crippen LogP contribution in [0.5, 0.6) is 5.75 Å². The van der Waals surface area contributed by atoms with Crippen LogP contribution in [0.4, 0.5) is 0 Å². The highest BCUT2D eigenvalue weighted by atomic mass is 35.5. The van der Waals surface area contributed by atoms with E-state index in [1.165, 1.54) is 0 Å². The van der Waals surface area contributed by atoms with Gasteiger partial charge in [0.05, 0.1) is 0 Å². The van der Waals surface area contributed by atoms with Crippen LogP contribution in [0.15, 0.2) is 48.8 Å². The first-order chi connectivity index (χ1) is 11.4. The van der Waals surface area contributed by atoms with Crippen molar-refractivity contribution in [3.05, 3.63) is 59.9 Å². The van der Waals surface area contributed by atoms with Gasteiger partial charge in [-0.2, -0.15) is 0 Å². The van der Waals surface area contributed by atoms with Gasteiger partial charge in [-0.3, -0.25) is 9.78 Å². The fourth-order valence-corrected chi connectivity index (χ4v) is 2.16. The molecule has 25 heavy (non-hydrogen) atoms. The summed E-state index contributed by atoms with van der Waals surface area (Å²) in [7, 11) is 0. The van der Waals surface area contributed by atoms with Crippen LogP contribution in [-0.2, 0) is 17.9 Å². The van der Waals surface area contributed by atoms with Crippen molar-refractivity contribution in [3.8, 4) is 5.75 Å². The molecule has 0 saturated carbocycles. The monoisotopic (exact) mass is 363 g/mol. The van der Waals surface area contributed by atoms with Gasteiger partial charge in [0, 0.05) is 31.0 Å². The summed E-state index contributed by atoms with van der Waals surface area (Å²) in [4.78, 5) is 15.8. The first kappa shape index (κ1) is 20.9. The van der Waals surface area contributed by atoms with E-state index in [1.807, 2.05) is 63.4 Å². The first-order valence-electron chi connectivity index (χ1n) is 8.05. The van der Waals surface area contributed by atoms with Crippen LogP contribution < -0.4 is 15.4 Å².